The topological polar surface area (TPSA) is 70.6 Å². The van der Waals surface area contributed by atoms with E-state index < -0.39 is 0 Å². The molecule has 0 radical (unpaired) electrons. The highest BCUT2D eigenvalue weighted by Gasteiger charge is 2.52. The van der Waals surface area contributed by atoms with Crippen LogP contribution >= 0.6 is 15.9 Å². The molecule has 2 saturated heterocycles. The van der Waals surface area contributed by atoms with E-state index in [9.17, 15) is 14.4 Å². The van der Waals surface area contributed by atoms with Crippen molar-refractivity contribution in [2.24, 2.45) is 11.8 Å². The monoisotopic (exact) mass is 389 g/mol. The fourth-order valence-electron chi connectivity index (χ4n) is 3.68. The van der Waals surface area contributed by atoms with Crippen molar-refractivity contribution >= 4 is 33.7 Å². The molecule has 3 amide bonds. The fraction of sp³-hybridized carbons (Fsp3) is 0.412. The van der Waals surface area contributed by atoms with Gasteiger partial charge in [0.2, 0.25) is 11.8 Å². The second-order valence-electron chi connectivity index (χ2n) is 6.46. The van der Waals surface area contributed by atoms with E-state index in [1.54, 1.807) is 17.2 Å². The lowest BCUT2D eigenvalue weighted by Gasteiger charge is -2.43. The summed E-state index contributed by atoms with van der Waals surface area (Å²) in [6.45, 7) is 0.797. The molecule has 0 bridgehead atoms. The number of fused-ring (bicyclic) bond motifs is 1. The SMILES string of the molecule is O=C(c1cncc(Br)c1)N1CC(N2C(=O)C3CC=CCC3C2=O)C1. The standard InChI is InChI=1S/C17H16BrN3O3/c18-11-5-10(6-19-7-11)15(22)20-8-12(9-20)21-16(23)13-3-1-2-4-14(13)17(21)24/h1-2,5-7,12-14H,3-4,8-9H2. The van der Waals surface area contributed by atoms with Gasteiger partial charge in [-0.2, -0.15) is 0 Å². The van der Waals surface area contributed by atoms with E-state index in [0.717, 1.165) is 4.47 Å². The summed E-state index contributed by atoms with van der Waals surface area (Å²) >= 11 is 3.30. The number of rotatable bonds is 2. The normalized spacial score (nSPS) is 26.5. The molecule has 1 aromatic rings. The van der Waals surface area contributed by atoms with Gasteiger partial charge in [0.05, 0.1) is 23.4 Å². The third-order valence-corrected chi connectivity index (χ3v) is 5.44. The van der Waals surface area contributed by atoms with Crippen LogP contribution in [-0.2, 0) is 9.59 Å². The first kappa shape index (κ1) is 15.5. The van der Waals surface area contributed by atoms with Crippen LogP contribution in [-0.4, -0.2) is 51.6 Å². The minimum absolute atomic E-state index is 0.0735. The maximum Gasteiger partial charge on any atom is 0.255 e. The number of carbonyl (C=O) groups excluding carboxylic acids is 3. The third-order valence-electron chi connectivity index (χ3n) is 5.01. The molecule has 2 unspecified atom stereocenters. The molecule has 7 heteroatoms. The summed E-state index contributed by atoms with van der Waals surface area (Å²) in [7, 11) is 0. The zero-order valence-corrected chi connectivity index (χ0v) is 14.5. The van der Waals surface area contributed by atoms with Gasteiger partial charge in [0, 0.05) is 30.0 Å². The molecule has 3 heterocycles. The van der Waals surface area contributed by atoms with Crippen molar-refractivity contribution < 1.29 is 14.4 Å². The first-order valence-electron chi connectivity index (χ1n) is 7.98. The first-order valence-corrected chi connectivity index (χ1v) is 8.77. The van der Waals surface area contributed by atoms with E-state index >= 15 is 0 Å². The van der Waals surface area contributed by atoms with Gasteiger partial charge in [0.25, 0.3) is 5.91 Å². The van der Waals surface area contributed by atoms with Gasteiger partial charge in [0.1, 0.15) is 0 Å². The van der Waals surface area contributed by atoms with Crippen molar-refractivity contribution in [3.05, 3.63) is 40.6 Å². The number of imide groups is 1. The molecule has 6 nitrogen and oxygen atoms in total. The van der Waals surface area contributed by atoms with Crippen LogP contribution in [0.15, 0.2) is 35.1 Å². The highest BCUT2D eigenvalue weighted by molar-refractivity contribution is 9.10. The number of likely N-dealkylation sites (tertiary alicyclic amines) is 2. The number of hydrogen-bond donors (Lipinski definition) is 0. The molecule has 0 aromatic carbocycles. The molecule has 2 atom stereocenters. The minimum atomic E-state index is -0.207. The van der Waals surface area contributed by atoms with Crippen LogP contribution in [0.2, 0.25) is 0 Å². The molecule has 24 heavy (non-hydrogen) atoms. The van der Waals surface area contributed by atoms with Crippen LogP contribution < -0.4 is 0 Å². The molecule has 4 rings (SSSR count). The van der Waals surface area contributed by atoms with Crippen molar-refractivity contribution in [1.82, 2.24) is 14.8 Å². The number of pyridine rings is 1. The summed E-state index contributed by atoms with van der Waals surface area (Å²) in [5.74, 6) is -0.688. The van der Waals surface area contributed by atoms with Gasteiger partial charge in [-0.15, -0.1) is 0 Å². The van der Waals surface area contributed by atoms with Crippen LogP contribution in [0.1, 0.15) is 23.2 Å². The lowest BCUT2D eigenvalue weighted by atomic mass is 9.85. The molecule has 0 N–H and O–H groups in total. The minimum Gasteiger partial charge on any atom is -0.334 e. The van der Waals surface area contributed by atoms with Crippen LogP contribution in [0.5, 0.6) is 0 Å². The average Bonchev–Trinajstić information content (AvgIpc) is 2.79. The summed E-state index contributed by atoms with van der Waals surface area (Å²) in [6, 6.07) is 1.52. The lowest BCUT2D eigenvalue weighted by Crippen LogP contribution is -2.62. The number of carbonyl (C=O) groups is 3. The highest BCUT2D eigenvalue weighted by atomic mass is 79.9. The van der Waals surface area contributed by atoms with Gasteiger partial charge in [0.15, 0.2) is 0 Å². The number of hydrogen-bond acceptors (Lipinski definition) is 4. The number of halogens is 1. The largest absolute Gasteiger partial charge is 0.334 e. The maximum atomic E-state index is 12.5. The van der Waals surface area contributed by atoms with E-state index in [4.69, 9.17) is 0 Å². The molecule has 3 aliphatic rings. The predicted octanol–water partition coefficient (Wildman–Crippen LogP) is 1.62. The summed E-state index contributed by atoms with van der Waals surface area (Å²) in [4.78, 5) is 44.5. The average molecular weight is 390 g/mol. The molecule has 0 saturated carbocycles. The van der Waals surface area contributed by atoms with Gasteiger partial charge in [-0.3, -0.25) is 24.3 Å². The summed E-state index contributed by atoms with van der Waals surface area (Å²) < 4.78 is 0.742. The molecule has 124 valence electrons. The Morgan fingerprint density at radius 1 is 1.08 bits per heavy atom. The Bertz CT molecular complexity index is 731. The molecule has 1 aromatic heterocycles. The Morgan fingerprint density at radius 3 is 2.29 bits per heavy atom. The second kappa shape index (κ2) is 5.81. The predicted molar refractivity (Wildman–Crippen MR) is 88.8 cm³/mol. The number of nitrogens with zero attached hydrogens (tertiary/aromatic N) is 3. The molecule has 0 spiro atoms. The molecule has 1 aliphatic carbocycles. The van der Waals surface area contributed by atoms with E-state index in [1.807, 2.05) is 12.2 Å². The molecular weight excluding hydrogens is 374 g/mol. The Morgan fingerprint density at radius 2 is 1.71 bits per heavy atom. The zero-order valence-electron chi connectivity index (χ0n) is 12.9. The van der Waals surface area contributed by atoms with Crippen molar-refractivity contribution in [3.63, 3.8) is 0 Å². The van der Waals surface area contributed by atoms with Gasteiger partial charge in [-0.25, -0.2) is 0 Å². The van der Waals surface area contributed by atoms with Gasteiger partial charge >= 0.3 is 0 Å². The molecular formula is C17H16BrN3O3. The Kier molecular flexibility index (Phi) is 3.75. The maximum absolute atomic E-state index is 12.5. The summed E-state index contributed by atoms with van der Waals surface area (Å²) in [5.41, 5.74) is 0.500. The lowest BCUT2D eigenvalue weighted by molar-refractivity contribution is -0.145. The van der Waals surface area contributed by atoms with E-state index in [2.05, 4.69) is 20.9 Å². The van der Waals surface area contributed by atoms with E-state index in [0.29, 0.717) is 31.5 Å². The highest BCUT2D eigenvalue weighted by Crippen LogP contribution is 2.37. The van der Waals surface area contributed by atoms with Gasteiger partial charge < -0.3 is 4.90 Å². The fourth-order valence-corrected chi connectivity index (χ4v) is 4.05. The van der Waals surface area contributed by atoms with Crippen LogP contribution in [0, 0.1) is 11.8 Å². The van der Waals surface area contributed by atoms with Crippen molar-refractivity contribution in [3.8, 4) is 0 Å². The Balaban J connectivity index is 1.43. The van der Waals surface area contributed by atoms with Crippen LogP contribution in [0.3, 0.4) is 0 Å². The van der Waals surface area contributed by atoms with Gasteiger partial charge in [-0.05, 0) is 34.8 Å². The number of allylic oxidation sites excluding steroid dienone is 2. The third kappa shape index (κ3) is 2.38. The Hall–Kier alpha value is -2.02. The van der Waals surface area contributed by atoms with Crippen LogP contribution in [0.4, 0.5) is 0 Å². The Labute approximate surface area is 147 Å². The van der Waals surface area contributed by atoms with Crippen molar-refractivity contribution in [2.75, 3.05) is 13.1 Å². The van der Waals surface area contributed by atoms with E-state index in [-0.39, 0.29) is 35.6 Å². The van der Waals surface area contributed by atoms with Crippen molar-refractivity contribution in [2.45, 2.75) is 18.9 Å². The number of aromatic nitrogens is 1. The van der Waals surface area contributed by atoms with Gasteiger partial charge in [-0.1, -0.05) is 12.2 Å². The molecule has 2 fully saturated rings. The van der Waals surface area contributed by atoms with E-state index in [1.165, 1.54) is 11.1 Å². The van der Waals surface area contributed by atoms with Crippen molar-refractivity contribution in [1.29, 1.82) is 0 Å². The molecule has 2 aliphatic heterocycles. The zero-order chi connectivity index (χ0) is 16.8. The second-order valence-corrected chi connectivity index (χ2v) is 7.37. The van der Waals surface area contributed by atoms with Crippen LogP contribution in [0.25, 0.3) is 0 Å². The quantitative estimate of drug-likeness (QED) is 0.569. The summed E-state index contributed by atoms with van der Waals surface area (Å²) in [6.07, 6.45) is 8.38. The first-order chi connectivity index (χ1) is 11.6. The number of amides is 3. The summed E-state index contributed by atoms with van der Waals surface area (Å²) in [5, 5.41) is 0. The smallest absolute Gasteiger partial charge is 0.255 e.